The first-order valence-electron chi connectivity index (χ1n) is 9.25. The van der Waals surface area contributed by atoms with E-state index in [0.29, 0.717) is 37.4 Å². The van der Waals surface area contributed by atoms with Gasteiger partial charge in [0.1, 0.15) is 11.5 Å². The van der Waals surface area contributed by atoms with Crippen molar-refractivity contribution in [3.63, 3.8) is 0 Å². The summed E-state index contributed by atoms with van der Waals surface area (Å²) in [4.78, 5) is 27.6. The topological polar surface area (TPSA) is 117 Å². The van der Waals surface area contributed by atoms with Gasteiger partial charge in [-0.1, -0.05) is 13.3 Å². The number of aliphatic hydroxyl groups is 1. The van der Waals surface area contributed by atoms with Crippen molar-refractivity contribution in [3.05, 3.63) is 27.3 Å². The number of nitrogens with two attached hydrogens (primary N) is 1. The van der Waals surface area contributed by atoms with E-state index in [2.05, 4.69) is 27.2 Å². The smallest absolute Gasteiger partial charge is 0.273 e. The van der Waals surface area contributed by atoms with E-state index in [0.717, 1.165) is 29.1 Å². The predicted octanol–water partition coefficient (Wildman–Crippen LogP) is 1.99. The van der Waals surface area contributed by atoms with Crippen LogP contribution in [0.5, 0.6) is 0 Å². The Hall–Kier alpha value is -2.26. The summed E-state index contributed by atoms with van der Waals surface area (Å²) in [6.07, 6.45) is 3.17. The van der Waals surface area contributed by atoms with Crippen molar-refractivity contribution < 1.29 is 9.90 Å². The summed E-state index contributed by atoms with van der Waals surface area (Å²) in [6.45, 7) is 5.10. The molecular formula is C18H26N6O2S. The van der Waals surface area contributed by atoms with Crippen molar-refractivity contribution in [2.24, 2.45) is 0 Å². The zero-order chi connectivity index (χ0) is 19.4. The molecule has 4 N–H and O–H groups in total. The Morgan fingerprint density at radius 3 is 2.89 bits per heavy atom. The monoisotopic (exact) mass is 390 g/mol. The molecule has 1 aliphatic heterocycles. The third-order valence-corrected chi connectivity index (χ3v) is 5.43. The van der Waals surface area contributed by atoms with Gasteiger partial charge < -0.3 is 21.1 Å². The van der Waals surface area contributed by atoms with E-state index in [1.165, 1.54) is 11.3 Å². The Labute approximate surface area is 162 Å². The molecule has 0 unspecified atom stereocenters. The molecule has 0 saturated carbocycles. The minimum atomic E-state index is -0.0757. The quantitative estimate of drug-likeness (QED) is 0.662. The number of fused-ring (bicyclic) bond motifs is 1. The lowest BCUT2D eigenvalue weighted by Crippen LogP contribution is -2.37. The van der Waals surface area contributed by atoms with E-state index in [1.54, 1.807) is 10.3 Å². The summed E-state index contributed by atoms with van der Waals surface area (Å²) >= 11 is 1.47. The van der Waals surface area contributed by atoms with Crippen molar-refractivity contribution in [1.29, 1.82) is 0 Å². The van der Waals surface area contributed by atoms with Gasteiger partial charge in [0.2, 0.25) is 5.95 Å². The maximum Gasteiger partial charge on any atom is 0.273 e. The highest BCUT2D eigenvalue weighted by Crippen LogP contribution is 2.27. The van der Waals surface area contributed by atoms with Gasteiger partial charge >= 0.3 is 0 Å². The lowest BCUT2D eigenvalue weighted by Gasteiger charge is -2.30. The first kappa shape index (κ1) is 19.5. The molecule has 0 bridgehead atoms. The Morgan fingerprint density at radius 1 is 1.41 bits per heavy atom. The van der Waals surface area contributed by atoms with Crippen molar-refractivity contribution in [1.82, 2.24) is 19.9 Å². The Kier molecular flexibility index (Phi) is 6.22. The molecule has 0 aromatic carbocycles. The van der Waals surface area contributed by atoms with E-state index in [9.17, 15) is 9.90 Å². The van der Waals surface area contributed by atoms with Crippen LogP contribution in [0, 0.1) is 6.92 Å². The van der Waals surface area contributed by atoms with Crippen LogP contribution in [-0.4, -0.2) is 50.1 Å². The number of carbonyl (C=O) groups excluding carboxylic acids is 1. The second-order valence-electron chi connectivity index (χ2n) is 6.73. The normalized spacial score (nSPS) is 14.7. The molecular weight excluding hydrogens is 364 g/mol. The molecule has 3 rings (SSSR count). The molecule has 9 heteroatoms. The average molecular weight is 391 g/mol. The number of nitrogen functional groups attached to an aromatic ring is 1. The first-order chi connectivity index (χ1) is 13.0. The number of rotatable bonds is 7. The van der Waals surface area contributed by atoms with Gasteiger partial charge in [0.15, 0.2) is 0 Å². The Balaban J connectivity index is 1.84. The molecule has 0 radical (unpaired) electrons. The number of aliphatic hydroxyl groups excluding tert-OH is 1. The number of aromatic nitrogens is 3. The lowest BCUT2D eigenvalue weighted by molar-refractivity contribution is 0.0728. The van der Waals surface area contributed by atoms with Gasteiger partial charge in [0, 0.05) is 36.6 Å². The average Bonchev–Trinajstić information content (AvgIpc) is 3.07. The fraction of sp³-hybridized carbons (Fsp3) is 0.556. The summed E-state index contributed by atoms with van der Waals surface area (Å²) in [5.74, 6) is 0.815. The second-order valence-corrected chi connectivity index (χ2v) is 7.79. The molecule has 1 atom stereocenters. The van der Waals surface area contributed by atoms with Gasteiger partial charge in [-0.05, 0) is 19.8 Å². The fourth-order valence-electron chi connectivity index (χ4n) is 3.34. The number of amides is 1. The molecule has 0 saturated heterocycles. The summed E-state index contributed by atoms with van der Waals surface area (Å²) in [5.41, 5.74) is 8.15. The molecule has 2 aromatic heterocycles. The summed E-state index contributed by atoms with van der Waals surface area (Å²) < 4.78 is 0. The van der Waals surface area contributed by atoms with Crippen molar-refractivity contribution in [2.45, 2.75) is 52.1 Å². The summed E-state index contributed by atoms with van der Waals surface area (Å²) in [5, 5.41) is 15.4. The summed E-state index contributed by atoms with van der Waals surface area (Å²) in [7, 11) is 0. The second kappa shape index (κ2) is 8.62. The number of anilines is 2. The van der Waals surface area contributed by atoms with Crippen LogP contribution in [-0.2, 0) is 13.0 Å². The molecule has 8 nitrogen and oxygen atoms in total. The van der Waals surface area contributed by atoms with Crippen molar-refractivity contribution >= 4 is 29.0 Å². The zero-order valence-corrected chi connectivity index (χ0v) is 16.6. The molecule has 0 aliphatic carbocycles. The zero-order valence-electron chi connectivity index (χ0n) is 15.7. The van der Waals surface area contributed by atoms with E-state index >= 15 is 0 Å². The molecule has 0 fully saturated rings. The van der Waals surface area contributed by atoms with Gasteiger partial charge in [0.05, 0.1) is 17.2 Å². The van der Waals surface area contributed by atoms with Gasteiger partial charge in [-0.25, -0.2) is 9.97 Å². The van der Waals surface area contributed by atoms with Crippen LogP contribution in [0.2, 0.25) is 0 Å². The van der Waals surface area contributed by atoms with Crippen LogP contribution in [0.25, 0.3) is 0 Å². The van der Waals surface area contributed by atoms with Crippen LogP contribution >= 0.6 is 11.3 Å². The SMILES string of the molecule is CCC[C@@H](CCO)Nc1nc(N)nc2c1CN(C(=O)c1csc(C)n1)CC2. The van der Waals surface area contributed by atoms with Crippen molar-refractivity contribution in [3.8, 4) is 0 Å². The number of aryl methyl sites for hydroxylation is 1. The van der Waals surface area contributed by atoms with Gasteiger partial charge in [0.25, 0.3) is 5.91 Å². The van der Waals surface area contributed by atoms with Crippen molar-refractivity contribution in [2.75, 3.05) is 24.2 Å². The highest BCUT2D eigenvalue weighted by atomic mass is 32.1. The standard InChI is InChI=1S/C18H26N6O2S/c1-3-4-12(6-8-25)21-16-13-9-24(7-5-14(13)22-18(19)23-16)17(26)15-10-27-11(2)20-15/h10,12,25H,3-9H2,1-2H3,(H3,19,21,22,23)/t12-/m0/s1. The number of hydrogen-bond acceptors (Lipinski definition) is 8. The van der Waals surface area contributed by atoms with Crippen LogP contribution in [0.1, 0.15) is 52.9 Å². The summed E-state index contributed by atoms with van der Waals surface area (Å²) in [6, 6.07) is 0.102. The highest BCUT2D eigenvalue weighted by molar-refractivity contribution is 7.09. The minimum Gasteiger partial charge on any atom is -0.396 e. The molecule has 0 spiro atoms. The maximum atomic E-state index is 12.8. The lowest BCUT2D eigenvalue weighted by atomic mass is 10.0. The number of thiazole rings is 1. The van der Waals surface area contributed by atoms with Gasteiger partial charge in [-0.2, -0.15) is 4.98 Å². The van der Waals surface area contributed by atoms with Crippen LogP contribution in [0.4, 0.5) is 11.8 Å². The van der Waals surface area contributed by atoms with Gasteiger partial charge in [-0.3, -0.25) is 4.79 Å². The van der Waals surface area contributed by atoms with E-state index < -0.39 is 0 Å². The molecule has 3 heterocycles. The number of carbonyl (C=O) groups is 1. The minimum absolute atomic E-state index is 0.0757. The van der Waals surface area contributed by atoms with E-state index in [1.807, 2.05) is 6.92 Å². The van der Waals surface area contributed by atoms with Gasteiger partial charge in [-0.15, -0.1) is 11.3 Å². The Morgan fingerprint density at radius 2 is 2.22 bits per heavy atom. The number of nitrogens with zero attached hydrogens (tertiary/aromatic N) is 4. The molecule has 1 aliphatic rings. The highest BCUT2D eigenvalue weighted by Gasteiger charge is 2.27. The third kappa shape index (κ3) is 4.54. The number of hydrogen-bond donors (Lipinski definition) is 3. The maximum absolute atomic E-state index is 12.8. The fourth-order valence-corrected chi connectivity index (χ4v) is 3.92. The first-order valence-corrected chi connectivity index (χ1v) is 10.1. The predicted molar refractivity (Wildman–Crippen MR) is 106 cm³/mol. The van der Waals surface area contributed by atoms with Crippen LogP contribution in [0.3, 0.4) is 0 Å². The van der Waals surface area contributed by atoms with E-state index in [4.69, 9.17) is 5.73 Å². The molecule has 1 amide bonds. The molecule has 146 valence electrons. The largest absolute Gasteiger partial charge is 0.396 e. The van der Waals surface area contributed by atoms with Crippen LogP contribution < -0.4 is 11.1 Å². The molecule has 2 aromatic rings. The number of nitrogens with one attached hydrogen (secondary N) is 1. The van der Waals surface area contributed by atoms with E-state index in [-0.39, 0.29) is 24.5 Å². The third-order valence-electron chi connectivity index (χ3n) is 4.66. The van der Waals surface area contributed by atoms with Crippen LogP contribution in [0.15, 0.2) is 5.38 Å². The molecule has 27 heavy (non-hydrogen) atoms. The Bertz CT molecular complexity index is 803.